The van der Waals surface area contributed by atoms with E-state index in [9.17, 15) is 18.4 Å². The number of hydrogen-bond donors (Lipinski definition) is 0. The Bertz CT molecular complexity index is 743. The summed E-state index contributed by atoms with van der Waals surface area (Å²) < 4.78 is 32.3. The van der Waals surface area contributed by atoms with Crippen molar-refractivity contribution in [3.63, 3.8) is 0 Å². The summed E-state index contributed by atoms with van der Waals surface area (Å²) in [6.45, 7) is 3.50. The van der Waals surface area contributed by atoms with Crippen LogP contribution >= 0.6 is 0 Å². The number of benzene rings is 1. The Morgan fingerprint density at radius 2 is 1.74 bits per heavy atom. The maximum Gasteiger partial charge on any atom is 0.254 e. The van der Waals surface area contributed by atoms with Gasteiger partial charge in [0.25, 0.3) is 5.91 Å². The molecule has 27 heavy (non-hydrogen) atoms. The molecule has 1 spiro atoms. The number of halogens is 2. The van der Waals surface area contributed by atoms with Crippen molar-refractivity contribution in [3.8, 4) is 0 Å². The molecule has 0 aromatic heterocycles. The van der Waals surface area contributed by atoms with Crippen molar-refractivity contribution in [3.05, 3.63) is 35.4 Å². The quantitative estimate of drug-likeness (QED) is 0.794. The molecule has 2 amide bonds. The Labute approximate surface area is 157 Å². The molecule has 0 saturated carbocycles. The molecule has 0 unspecified atom stereocenters. The number of rotatable bonds is 2. The molecule has 1 aromatic carbocycles. The van der Waals surface area contributed by atoms with Gasteiger partial charge in [0.05, 0.1) is 5.92 Å². The number of likely N-dealkylation sites (tertiary alicyclic amines) is 2. The minimum Gasteiger partial charge on any atom is -0.381 e. The van der Waals surface area contributed by atoms with Crippen molar-refractivity contribution in [1.29, 1.82) is 0 Å². The molecule has 0 aliphatic carbocycles. The van der Waals surface area contributed by atoms with Gasteiger partial charge in [-0.2, -0.15) is 0 Å². The van der Waals surface area contributed by atoms with E-state index in [1.165, 1.54) is 6.07 Å². The number of nitrogens with zero attached hydrogens (tertiary/aromatic N) is 2. The van der Waals surface area contributed by atoms with E-state index in [-0.39, 0.29) is 28.7 Å². The van der Waals surface area contributed by atoms with Crippen LogP contribution in [-0.4, -0.2) is 61.0 Å². The predicted octanol–water partition coefficient (Wildman–Crippen LogP) is 2.46. The van der Waals surface area contributed by atoms with Crippen LogP contribution in [-0.2, 0) is 9.53 Å². The summed E-state index contributed by atoms with van der Waals surface area (Å²) in [6, 6.07) is 3.20. The third-order valence-electron chi connectivity index (χ3n) is 6.31. The van der Waals surface area contributed by atoms with Gasteiger partial charge in [0.15, 0.2) is 11.6 Å². The first-order valence-corrected chi connectivity index (χ1v) is 9.61. The van der Waals surface area contributed by atoms with Crippen molar-refractivity contribution < 1.29 is 23.1 Å². The Morgan fingerprint density at radius 1 is 1.04 bits per heavy atom. The highest BCUT2D eigenvalue weighted by Gasteiger charge is 2.52. The molecule has 3 heterocycles. The number of amides is 2. The summed E-state index contributed by atoms with van der Waals surface area (Å²) in [5.74, 6) is -2.50. The minimum atomic E-state index is -1.04. The number of carbonyl (C=O) groups is 2. The highest BCUT2D eigenvalue weighted by atomic mass is 19.2. The summed E-state index contributed by atoms with van der Waals surface area (Å²) in [4.78, 5) is 29.6. The maximum atomic E-state index is 13.6. The van der Waals surface area contributed by atoms with E-state index in [0.717, 1.165) is 50.9 Å². The van der Waals surface area contributed by atoms with Crippen LogP contribution < -0.4 is 0 Å². The van der Waals surface area contributed by atoms with Crippen LogP contribution in [0.4, 0.5) is 8.78 Å². The lowest BCUT2D eigenvalue weighted by atomic mass is 9.71. The summed E-state index contributed by atoms with van der Waals surface area (Å²) in [6.07, 6.45) is 3.51. The highest BCUT2D eigenvalue weighted by Crippen LogP contribution is 2.45. The molecule has 146 valence electrons. The van der Waals surface area contributed by atoms with Crippen LogP contribution in [0.1, 0.15) is 36.0 Å². The molecular formula is C20H24F2N2O3. The number of hydrogen-bond acceptors (Lipinski definition) is 3. The summed E-state index contributed by atoms with van der Waals surface area (Å²) in [5, 5.41) is 0. The first-order valence-electron chi connectivity index (χ1n) is 9.61. The molecule has 0 N–H and O–H groups in total. The largest absolute Gasteiger partial charge is 0.381 e. The molecule has 3 aliphatic rings. The Hall–Kier alpha value is -2.02. The van der Waals surface area contributed by atoms with Crippen LogP contribution in [0.25, 0.3) is 0 Å². The molecule has 7 heteroatoms. The highest BCUT2D eigenvalue weighted by molar-refractivity contribution is 5.95. The van der Waals surface area contributed by atoms with Gasteiger partial charge in [-0.25, -0.2) is 8.78 Å². The van der Waals surface area contributed by atoms with E-state index >= 15 is 0 Å². The van der Waals surface area contributed by atoms with E-state index in [2.05, 4.69) is 0 Å². The summed E-state index contributed by atoms with van der Waals surface area (Å²) >= 11 is 0. The summed E-state index contributed by atoms with van der Waals surface area (Å²) in [5.41, 5.74) is -0.169. The smallest absolute Gasteiger partial charge is 0.254 e. The number of ether oxygens (including phenoxy) is 1. The molecule has 3 aliphatic heterocycles. The molecule has 3 saturated heterocycles. The van der Waals surface area contributed by atoms with Crippen molar-refractivity contribution in [2.45, 2.75) is 25.7 Å². The van der Waals surface area contributed by atoms with Gasteiger partial charge >= 0.3 is 0 Å². The molecular weight excluding hydrogens is 354 g/mol. The fourth-order valence-electron chi connectivity index (χ4n) is 4.72. The van der Waals surface area contributed by atoms with Crippen molar-refractivity contribution in [1.82, 2.24) is 9.80 Å². The van der Waals surface area contributed by atoms with Crippen LogP contribution in [0.2, 0.25) is 0 Å². The van der Waals surface area contributed by atoms with Crippen molar-refractivity contribution >= 4 is 11.8 Å². The zero-order valence-electron chi connectivity index (χ0n) is 15.3. The van der Waals surface area contributed by atoms with Crippen LogP contribution in [0.5, 0.6) is 0 Å². The fourth-order valence-corrected chi connectivity index (χ4v) is 4.72. The van der Waals surface area contributed by atoms with Gasteiger partial charge in [-0.3, -0.25) is 9.59 Å². The number of carbonyl (C=O) groups excluding carboxylic acids is 2. The van der Waals surface area contributed by atoms with E-state index in [1.807, 2.05) is 4.90 Å². The second kappa shape index (κ2) is 7.19. The normalized spacial score (nSPS) is 24.6. The lowest BCUT2D eigenvalue weighted by molar-refractivity contribution is -0.139. The van der Waals surface area contributed by atoms with Gasteiger partial charge in [-0.1, -0.05) is 0 Å². The Balaban J connectivity index is 1.58. The monoisotopic (exact) mass is 378 g/mol. The van der Waals surface area contributed by atoms with Crippen LogP contribution in [0.15, 0.2) is 18.2 Å². The van der Waals surface area contributed by atoms with Gasteiger partial charge in [-0.15, -0.1) is 0 Å². The molecule has 1 aromatic rings. The molecule has 4 rings (SSSR count). The fraction of sp³-hybridized carbons (Fsp3) is 0.600. The molecule has 3 fully saturated rings. The molecule has 1 atom stereocenters. The first kappa shape index (κ1) is 18.3. The lowest BCUT2D eigenvalue weighted by Crippen LogP contribution is -2.45. The van der Waals surface area contributed by atoms with Gasteiger partial charge in [0.1, 0.15) is 0 Å². The van der Waals surface area contributed by atoms with E-state index in [1.54, 1.807) is 4.90 Å². The van der Waals surface area contributed by atoms with Crippen molar-refractivity contribution in [2.24, 2.45) is 11.3 Å². The Kier molecular flexibility index (Phi) is 4.88. The van der Waals surface area contributed by atoms with E-state index in [0.29, 0.717) is 26.3 Å². The Morgan fingerprint density at radius 3 is 2.41 bits per heavy atom. The maximum absolute atomic E-state index is 13.6. The lowest BCUT2D eigenvalue weighted by Gasteiger charge is -2.38. The first-order chi connectivity index (χ1) is 13.0. The second-order valence-electron chi connectivity index (χ2n) is 7.87. The van der Waals surface area contributed by atoms with Gasteiger partial charge in [-0.05, 0) is 43.9 Å². The molecule has 5 nitrogen and oxygen atoms in total. The molecule has 0 bridgehead atoms. The molecule has 0 radical (unpaired) electrons. The van der Waals surface area contributed by atoms with Crippen LogP contribution in [0, 0.1) is 23.0 Å². The summed E-state index contributed by atoms with van der Waals surface area (Å²) in [7, 11) is 0. The van der Waals surface area contributed by atoms with Gasteiger partial charge < -0.3 is 14.5 Å². The third-order valence-corrected chi connectivity index (χ3v) is 6.31. The SMILES string of the molecule is O=C(c1ccc(F)c(F)c1)N1C[C@H](C(=O)N2CCCC2)C2(CCOCC2)C1. The van der Waals surface area contributed by atoms with E-state index in [4.69, 9.17) is 4.74 Å². The second-order valence-corrected chi connectivity index (χ2v) is 7.87. The minimum absolute atomic E-state index is 0.116. The van der Waals surface area contributed by atoms with Gasteiger partial charge in [0.2, 0.25) is 5.91 Å². The topological polar surface area (TPSA) is 49.9 Å². The zero-order valence-corrected chi connectivity index (χ0v) is 15.3. The predicted molar refractivity (Wildman–Crippen MR) is 94.1 cm³/mol. The zero-order chi connectivity index (χ0) is 19.0. The average Bonchev–Trinajstić information content (AvgIpc) is 3.32. The van der Waals surface area contributed by atoms with E-state index < -0.39 is 11.6 Å². The average molecular weight is 378 g/mol. The third kappa shape index (κ3) is 3.33. The standard InChI is InChI=1S/C20H24F2N2O3/c21-16-4-3-14(11-17(16)22)18(25)24-12-15(19(26)23-7-1-2-8-23)20(13-24)5-9-27-10-6-20/h3-4,11,15H,1-2,5-10,12-13H2/t15-/m1/s1. The van der Waals surface area contributed by atoms with Crippen LogP contribution in [0.3, 0.4) is 0 Å². The van der Waals surface area contributed by atoms with Gasteiger partial charge in [0, 0.05) is 50.4 Å². The van der Waals surface area contributed by atoms with Crippen molar-refractivity contribution in [2.75, 3.05) is 39.4 Å².